The van der Waals surface area contributed by atoms with Crippen molar-refractivity contribution in [2.45, 2.75) is 57.7 Å². The van der Waals surface area contributed by atoms with Crippen molar-refractivity contribution < 1.29 is 14.0 Å². The van der Waals surface area contributed by atoms with Crippen molar-refractivity contribution in [2.24, 2.45) is 0 Å². The Kier molecular flexibility index (Phi) is 8.73. The Labute approximate surface area is 211 Å². The van der Waals surface area contributed by atoms with Crippen molar-refractivity contribution in [1.29, 1.82) is 0 Å². The molecule has 2 aromatic carbocycles. The molecular formula is C28H32FN5O2. The van der Waals surface area contributed by atoms with Crippen molar-refractivity contribution in [2.75, 3.05) is 11.4 Å². The van der Waals surface area contributed by atoms with E-state index in [1.807, 2.05) is 31.2 Å². The molecule has 2 N–H and O–H groups in total. The molecular weight excluding hydrogens is 457 g/mol. The summed E-state index contributed by atoms with van der Waals surface area (Å²) in [5.74, 6) is -1.09. The first-order chi connectivity index (χ1) is 17.5. The van der Waals surface area contributed by atoms with Gasteiger partial charge in [0.2, 0.25) is 11.8 Å². The van der Waals surface area contributed by atoms with Gasteiger partial charge in [0.15, 0.2) is 0 Å². The van der Waals surface area contributed by atoms with Gasteiger partial charge in [0, 0.05) is 36.9 Å². The van der Waals surface area contributed by atoms with Crippen LogP contribution in [0.3, 0.4) is 0 Å². The van der Waals surface area contributed by atoms with Crippen LogP contribution in [-0.4, -0.2) is 34.4 Å². The number of amides is 2. The second-order valence-corrected chi connectivity index (χ2v) is 9.15. The molecule has 0 bridgehead atoms. The van der Waals surface area contributed by atoms with Crippen molar-refractivity contribution in [3.05, 3.63) is 89.8 Å². The maximum Gasteiger partial charge on any atom is 0.248 e. The Bertz CT molecular complexity index is 1170. The molecule has 8 heteroatoms. The number of rotatable bonds is 9. The smallest absolute Gasteiger partial charge is 0.248 e. The number of nitrogens with zero attached hydrogens (tertiary/aromatic N) is 3. The molecule has 1 unspecified atom stereocenters. The molecule has 1 aliphatic carbocycles. The second-order valence-electron chi connectivity index (χ2n) is 9.15. The lowest BCUT2D eigenvalue weighted by molar-refractivity contribution is -0.127. The van der Waals surface area contributed by atoms with Gasteiger partial charge in [-0.25, -0.2) is 4.39 Å². The molecule has 1 heterocycles. The number of carbonyl (C=O) groups excluding carboxylic acids is 2. The first kappa shape index (κ1) is 25.4. The number of halogens is 1. The highest BCUT2D eigenvalue weighted by Crippen LogP contribution is 2.31. The summed E-state index contributed by atoms with van der Waals surface area (Å²) in [6, 6.07) is 12.5. The molecule has 1 atom stereocenters. The van der Waals surface area contributed by atoms with E-state index in [9.17, 15) is 14.0 Å². The van der Waals surface area contributed by atoms with Gasteiger partial charge in [-0.1, -0.05) is 49.6 Å². The molecule has 0 spiro atoms. The van der Waals surface area contributed by atoms with E-state index < -0.39 is 11.9 Å². The van der Waals surface area contributed by atoms with E-state index in [2.05, 4.69) is 20.6 Å². The molecule has 3 aromatic rings. The van der Waals surface area contributed by atoms with Crippen molar-refractivity contribution >= 4 is 17.5 Å². The summed E-state index contributed by atoms with van der Waals surface area (Å²) in [6.07, 6.45) is 9.92. The summed E-state index contributed by atoms with van der Waals surface area (Å²) in [7, 11) is 0. The molecule has 36 heavy (non-hydrogen) atoms. The number of aromatic nitrogens is 2. The first-order valence-corrected chi connectivity index (χ1v) is 12.4. The van der Waals surface area contributed by atoms with E-state index >= 15 is 0 Å². The van der Waals surface area contributed by atoms with Crippen LogP contribution in [0.15, 0.2) is 67.1 Å². The second kappa shape index (κ2) is 12.4. The van der Waals surface area contributed by atoms with Gasteiger partial charge in [-0.05, 0) is 49.1 Å². The maximum atomic E-state index is 14.3. The highest BCUT2D eigenvalue weighted by molar-refractivity contribution is 6.02. The van der Waals surface area contributed by atoms with E-state index in [4.69, 9.17) is 0 Å². The minimum atomic E-state index is -0.944. The predicted octanol–water partition coefficient (Wildman–Crippen LogP) is 4.24. The van der Waals surface area contributed by atoms with E-state index in [0.717, 1.165) is 31.2 Å². The lowest BCUT2D eigenvalue weighted by Gasteiger charge is -2.34. The first-order valence-electron chi connectivity index (χ1n) is 12.4. The van der Waals surface area contributed by atoms with Crippen LogP contribution in [-0.2, 0) is 16.1 Å². The maximum absolute atomic E-state index is 14.3. The number of aryl methyl sites for hydroxylation is 1. The fourth-order valence-corrected chi connectivity index (χ4v) is 4.69. The van der Waals surface area contributed by atoms with Crippen LogP contribution in [0.4, 0.5) is 10.1 Å². The highest BCUT2D eigenvalue weighted by Gasteiger charge is 2.34. The summed E-state index contributed by atoms with van der Waals surface area (Å²) < 4.78 is 14.3. The Hall–Kier alpha value is -3.65. The van der Waals surface area contributed by atoms with Gasteiger partial charge in [0.1, 0.15) is 11.9 Å². The predicted molar refractivity (Wildman–Crippen MR) is 137 cm³/mol. The lowest BCUT2D eigenvalue weighted by atomic mass is 9.93. The van der Waals surface area contributed by atoms with E-state index in [-0.39, 0.29) is 24.4 Å². The Morgan fingerprint density at radius 1 is 1.08 bits per heavy atom. The summed E-state index contributed by atoms with van der Waals surface area (Å²) in [6.45, 7) is 2.18. The summed E-state index contributed by atoms with van der Waals surface area (Å²) in [5.41, 5.74) is 2.60. The van der Waals surface area contributed by atoms with Crippen molar-refractivity contribution in [3.8, 4) is 0 Å². The van der Waals surface area contributed by atoms with Crippen LogP contribution in [0.5, 0.6) is 0 Å². The molecule has 1 saturated carbocycles. The van der Waals surface area contributed by atoms with Crippen molar-refractivity contribution in [1.82, 2.24) is 20.6 Å². The molecule has 0 saturated heterocycles. The third kappa shape index (κ3) is 6.51. The minimum Gasteiger partial charge on any atom is -0.351 e. The quantitative estimate of drug-likeness (QED) is 0.470. The third-order valence-electron chi connectivity index (χ3n) is 6.50. The molecule has 1 aliphatic rings. The van der Waals surface area contributed by atoms with Gasteiger partial charge in [0.05, 0.1) is 12.2 Å². The summed E-state index contributed by atoms with van der Waals surface area (Å²) >= 11 is 0. The third-order valence-corrected chi connectivity index (χ3v) is 6.50. The fraction of sp³-hybridized carbons (Fsp3) is 0.357. The zero-order valence-corrected chi connectivity index (χ0v) is 20.5. The van der Waals surface area contributed by atoms with Crippen LogP contribution in [0, 0.1) is 12.7 Å². The van der Waals surface area contributed by atoms with Crippen LogP contribution in [0.2, 0.25) is 0 Å². The Balaban J connectivity index is 1.66. The SMILES string of the molecule is Cc1ccccc1C(C(=O)NC1CCCCC1)N(C(=O)CNCc1cnccn1)c1cccc(F)c1. The van der Waals surface area contributed by atoms with Crippen LogP contribution in [0.25, 0.3) is 0 Å². The number of nitrogens with one attached hydrogen (secondary N) is 2. The molecule has 2 amide bonds. The monoisotopic (exact) mass is 489 g/mol. The fourth-order valence-electron chi connectivity index (χ4n) is 4.69. The highest BCUT2D eigenvalue weighted by atomic mass is 19.1. The minimum absolute atomic E-state index is 0.0633. The molecule has 1 aromatic heterocycles. The van der Waals surface area contributed by atoms with Crippen LogP contribution >= 0.6 is 0 Å². The van der Waals surface area contributed by atoms with E-state index in [1.54, 1.807) is 30.7 Å². The zero-order valence-electron chi connectivity index (χ0n) is 20.5. The summed E-state index contributed by atoms with van der Waals surface area (Å²) in [5, 5.41) is 6.27. The van der Waals surface area contributed by atoms with Gasteiger partial charge in [-0.15, -0.1) is 0 Å². The molecule has 4 rings (SSSR count). The van der Waals surface area contributed by atoms with E-state index in [0.29, 0.717) is 23.5 Å². The number of benzene rings is 2. The molecule has 0 radical (unpaired) electrons. The Morgan fingerprint density at radius 2 is 1.89 bits per heavy atom. The van der Waals surface area contributed by atoms with Gasteiger partial charge < -0.3 is 10.6 Å². The molecule has 1 fully saturated rings. The molecule has 0 aliphatic heterocycles. The van der Waals surface area contributed by atoms with Gasteiger partial charge >= 0.3 is 0 Å². The Morgan fingerprint density at radius 3 is 2.61 bits per heavy atom. The lowest BCUT2D eigenvalue weighted by Crippen LogP contribution is -2.49. The van der Waals surface area contributed by atoms with Crippen LogP contribution in [0.1, 0.15) is 55.0 Å². The number of carbonyl (C=O) groups is 2. The topological polar surface area (TPSA) is 87.2 Å². The van der Waals surface area contributed by atoms with Gasteiger partial charge in [0.25, 0.3) is 0 Å². The standard InChI is InChI=1S/C28H32FN5O2/c1-20-8-5-6-13-25(20)27(28(36)33-22-10-3-2-4-11-22)34(24-12-7-9-21(29)16-24)26(35)19-31-18-23-17-30-14-15-32-23/h5-9,12-17,22,27,31H,2-4,10-11,18-19H2,1H3,(H,33,36). The average Bonchev–Trinajstić information content (AvgIpc) is 2.89. The zero-order chi connectivity index (χ0) is 25.3. The van der Waals surface area contributed by atoms with Gasteiger partial charge in [-0.3, -0.25) is 24.5 Å². The van der Waals surface area contributed by atoms with Crippen molar-refractivity contribution in [3.63, 3.8) is 0 Å². The normalized spacial score (nSPS) is 14.7. The number of hydrogen-bond donors (Lipinski definition) is 2. The summed E-state index contributed by atoms with van der Waals surface area (Å²) in [4.78, 5) is 37.2. The number of hydrogen-bond acceptors (Lipinski definition) is 5. The largest absolute Gasteiger partial charge is 0.351 e. The van der Waals surface area contributed by atoms with Gasteiger partial charge in [-0.2, -0.15) is 0 Å². The molecule has 188 valence electrons. The molecule has 7 nitrogen and oxygen atoms in total. The van der Waals surface area contributed by atoms with Crippen LogP contribution < -0.4 is 15.5 Å². The number of anilines is 1. The van der Waals surface area contributed by atoms with E-state index in [1.165, 1.54) is 23.5 Å². The average molecular weight is 490 g/mol.